The SMILES string of the molecule is Cc1csc([C@@H](Cc2ccsc2)NC(=O)Cn2cccnc2=O)n1. The summed E-state index contributed by atoms with van der Waals surface area (Å²) in [5.41, 5.74) is 1.65. The number of hydrogen-bond donors (Lipinski definition) is 1. The Balaban J connectivity index is 1.74. The smallest absolute Gasteiger partial charge is 0.345 e. The quantitative estimate of drug-likeness (QED) is 0.731. The molecule has 124 valence electrons. The lowest BCUT2D eigenvalue weighted by Gasteiger charge is -2.16. The topological polar surface area (TPSA) is 76.9 Å². The summed E-state index contributed by atoms with van der Waals surface area (Å²) in [5, 5.41) is 9.89. The van der Waals surface area contributed by atoms with Gasteiger partial charge in [-0.3, -0.25) is 9.36 Å². The number of nitrogens with zero attached hydrogens (tertiary/aromatic N) is 3. The molecule has 8 heteroatoms. The second kappa shape index (κ2) is 7.50. The molecule has 0 aromatic carbocycles. The Kier molecular flexibility index (Phi) is 5.17. The van der Waals surface area contributed by atoms with Gasteiger partial charge in [0, 0.05) is 29.9 Å². The first kappa shape index (κ1) is 16.5. The average molecular weight is 360 g/mol. The summed E-state index contributed by atoms with van der Waals surface area (Å²) in [5.74, 6) is -0.238. The molecule has 1 N–H and O–H groups in total. The minimum absolute atomic E-state index is 0.0584. The zero-order valence-corrected chi connectivity index (χ0v) is 14.6. The Bertz CT molecular complexity index is 870. The molecule has 0 spiro atoms. The van der Waals surface area contributed by atoms with Crippen molar-refractivity contribution in [3.05, 3.63) is 67.4 Å². The van der Waals surface area contributed by atoms with E-state index in [9.17, 15) is 9.59 Å². The van der Waals surface area contributed by atoms with E-state index in [4.69, 9.17) is 0 Å². The molecular formula is C16H16N4O2S2. The highest BCUT2D eigenvalue weighted by Crippen LogP contribution is 2.23. The minimum Gasteiger partial charge on any atom is -0.345 e. The summed E-state index contributed by atoms with van der Waals surface area (Å²) in [6.07, 6.45) is 3.63. The van der Waals surface area contributed by atoms with Gasteiger partial charge >= 0.3 is 5.69 Å². The number of rotatable bonds is 6. The van der Waals surface area contributed by atoms with Gasteiger partial charge in [0.15, 0.2) is 0 Å². The molecule has 0 bridgehead atoms. The summed E-state index contributed by atoms with van der Waals surface area (Å²) in [6.45, 7) is 1.87. The molecule has 0 unspecified atom stereocenters. The number of amides is 1. The highest BCUT2D eigenvalue weighted by Gasteiger charge is 2.19. The summed E-state index contributed by atoms with van der Waals surface area (Å²) in [4.78, 5) is 32.1. The van der Waals surface area contributed by atoms with Crippen LogP contribution in [0.4, 0.5) is 0 Å². The van der Waals surface area contributed by atoms with Crippen molar-refractivity contribution in [2.24, 2.45) is 0 Å². The van der Waals surface area contributed by atoms with Crippen molar-refractivity contribution in [3.8, 4) is 0 Å². The number of carbonyl (C=O) groups excluding carboxylic acids is 1. The van der Waals surface area contributed by atoms with Crippen molar-refractivity contribution < 1.29 is 4.79 Å². The second-order valence-electron chi connectivity index (χ2n) is 5.31. The standard InChI is InChI=1S/C16H16N4O2S2/c1-11-9-24-15(18-11)13(7-12-3-6-23-10-12)19-14(21)8-20-5-2-4-17-16(20)22/h2-6,9-10,13H,7-8H2,1H3,(H,19,21)/t13-/m1/s1. The molecule has 1 amide bonds. The molecule has 3 aromatic rings. The van der Waals surface area contributed by atoms with Gasteiger partial charge in [-0.25, -0.2) is 14.8 Å². The molecule has 0 aliphatic carbocycles. The summed E-state index contributed by atoms with van der Waals surface area (Å²) in [7, 11) is 0. The molecule has 0 saturated carbocycles. The molecule has 0 aliphatic heterocycles. The van der Waals surface area contributed by atoms with Crippen LogP contribution in [0.3, 0.4) is 0 Å². The predicted molar refractivity (Wildman–Crippen MR) is 94.3 cm³/mol. The molecule has 24 heavy (non-hydrogen) atoms. The van der Waals surface area contributed by atoms with Crippen LogP contribution in [0.15, 0.2) is 45.5 Å². The van der Waals surface area contributed by atoms with Gasteiger partial charge in [-0.05, 0) is 35.4 Å². The van der Waals surface area contributed by atoms with Crippen LogP contribution in [-0.2, 0) is 17.8 Å². The molecule has 6 nitrogen and oxygen atoms in total. The lowest BCUT2D eigenvalue weighted by atomic mass is 10.1. The number of thiazole rings is 1. The van der Waals surface area contributed by atoms with Gasteiger partial charge in [-0.15, -0.1) is 11.3 Å². The van der Waals surface area contributed by atoms with Gasteiger partial charge in [-0.1, -0.05) is 0 Å². The third-order valence-electron chi connectivity index (χ3n) is 3.39. The summed E-state index contributed by atoms with van der Waals surface area (Å²) in [6, 6.07) is 3.45. The Morgan fingerprint density at radius 1 is 1.42 bits per heavy atom. The summed E-state index contributed by atoms with van der Waals surface area (Å²) < 4.78 is 1.28. The molecule has 0 aliphatic rings. The number of aromatic nitrogens is 3. The summed E-state index contributed by atoms with van der Waals surface area (Å²) >= 11 is 3.15. The van der Waals surface area contributed by atoms with E-state index >= 15 is 0 Å². The third-order valence-corrected chi connectivity index (χ3v) is 5.20. The zero-order chi connectivity index (χ0) is 16.9. The van der Waals surface area contributed by atoms with Gasteiger partial charge in [0.05, 0.1) is 6.04 Å². The lowest BCUT2D eigenvalue weighted by Crippen LogP contribution is -2.35. The van der Waals surface area contributed by atoms with Gasteiger partial charge in [0.2, 0.25) is 5.91 Å². The van der Waals surface area contributed by atoms with E-state index < -0.39 is 5.69 Å². The molecular weight excluding hydrogens is 344 g/mol. The predicted octanol–water partition coefficient (Wildman–Crippen LogP) is 2.17. The van der Waals surface area contributed by atoms with Crippen molar-refractivity contribution in [1.82, 2.24) is 19.9 Å². The van der Waals surface area contributed by atoms with E-state index in [0.29, 0.717) is 6.42 Å². The Morgan fingerprint density at radius 3 is 2.96 bits per heavy atom. The Hall–Kier alpha value is -2.32. The maximum atomic E-state index is 12.4. The van der Waals surface area contributed by atoms with Crippen LogP contribution >= 0.6 is 22.7 Å². The van der Waals surface area contributed by atoms with Crippen molar-refractivity contribution in [1.29, 1.82) is 0 Å². The number of carbonyl (C=O) groups is 1. The number of thiophene rings is 1. The van der Waals surface area contributed by atoms with Crippen LogP contribution < -0.4 is 11.0 Å². The van der Waals surface area contributed by atoms with Crippen molar-refractivity contribution in [3.63, 3.8) is 0 Å². The van der Waals surface area contributed by atoms with Crippen molar-refractivity contribution >= 4 is 28.6 Å². The number of nitrogens with one attached hydrogen (secondary N) is 1. The fourth-order valence-electron chi connectivity index (χ4n) is 2.28. The first-order valence-corrected chi connectivity index (χ1v) is 9.18. The van der Waals surface area contributed by atoms with E-state index in [1.165, 1.54) is 22.1 Å². The molecule has 0 radical (unpaired) electrons. The zero-order valence-electron chi connectivity index (χ0n) is 13.0. The Morgan fingerprint density at radius 2 is 2.29 bits per heavy atom. The molecule has 1 atom stereocenters. The number of aryl methyl sites for hydroxylation is 1. The molecule has 3 aromatic heterocycles. The van der Waals surface area contributed by atoms with Gasteiger partial charge < -0.3 is 5.32 Å². The Labute approximate surface area is 146 Å². The van der Waals surface area contributed by atoms with Crippen LogP contribution in [0.2, 0.25) is 0 Å². The minimum atomic E-state index is -0.438. The van der Waals surface area contributed by atoms with Crippen LogP contribution in [0, 0.1) is 6.92 Å². The lowest BCUT2D eigenvalue weighted by molar-refractivity contribution is -0.122. The van der Waals surface area contributed by atoms with Gasteiger partial charge in [0.25, 0.3) is 0 Å². The fourth-order valence-corrected chi connectivity index (χ4v) is 3.81. The number of hydrogen-bond acceptors (Lipinski definition) is 6. The van der Waals surface area contributed by atoms with Crippen molar-refractivity contribution in [2.45, 2.75) is 25.9 Å². The normalized spacial score (nSPS) is 12.0. The largest absolute Gasteiger partial charge is 0.347 e. The van der Waals surface area contributed by atoms with E-state index in [0.717, 1.165) is 16.3 Å². The van der Waals surface area contributed by atoms with E-state index in [1.54, 1.807) is 23.6 Å². The second-order valence-corrected chi connectivity index (χ2v) is 6.98. The van der Waals surface area contributed by atoms with Crippen LogP contribution in [0.5, 0.6) is 0 Å². The molecule has 3 heterocycles. The van der Waals surface area contributed by atoms with Gasteiger partial charge in [-0.2, -0.15) is 11.3 Å². The van der Waals surface area contributed by atoms with Crippen LogP contribution in [0.25, 0.3) is 0 Å². The molecule has 3 rings (SSSR count). The fraction of sp³-hybridized carbons (Fsp3) is 0.250. The van der Waals surface area contributed by atoms with E-state index in [2.05, 4.69) is 20.7 Å². The first-order valence-electron chi connectivity index (χ1n) is 7.36. The highest BCUT2D eigenvalue weighted by atomic mass is 32.1. The molecule has 0 fully saturated rings. The monoisotopic (exact) mass is 360 g/mol. The van der Waals surface area contributed by atoms with Crippen LogP contribution in [0.1, 0.15) is 22.3 Å². The first-order chi connectivity index (χ1) is 11.6. The third kappa shape index (κ3) is 4.15. The van der Waals surface area contributed by atoms with E-state index in [-0.39, 0.29) is 18.5 Å². The van der Waals surface area contributed by atoms with Crippen molar-refractivity contribution in [2.75, 3.05) is 0 Å². The maximum Gasteiger partial charge on any atom is 0.347 e. The van der Waals surface area contributed by atoms with E-state index in [1.807, 2.05) is 23.8 Å². The highest BCUT2D eigenvalue weighted by molar-refractivity contribution is 7.09. The average Bonchev–Trinajstić information content (AvgIpc) is 3.20. The van der Waals surface area contributed by atoms with Crippen LogP contribution in [-0.4, -0.2) is 20.4 Å². The molecule has 0 saturated heterocycles. The van der Waals surface area contributed by atoms with Gasteiger partial charge in [0.1, 0.15) is 11.6 Å². The maximum absolute atomic E-state index is 12.4.